The fourth-order valence-corrected chi connectivity index (χ4v) is 4.16. The number of hydrogen-bond donors (Lipinski definition) is 0. The summed E-state index contributed by atoms with van der Waals surface area (Å²) < 4.78 is 2.43. The Labute approximate surface area is 137 Å². The van der Waals surface area contributed by atoms with Crippen LogP contribution in [0.5, 0.6) is 0 Å². The molecule has 0 unspecified atom stereocenters. The molecule has 0 fully saturated rings. The number of benzene rings is 3. The Morgan fingerprint density at radius 2 is 1.77 bits per heavy atom. The second-order valence-corrected chi connectivity index (χ2v) is 6.61. The van der Waals surface area contributed by atoms with Crippen LogP contribution >= 0.6 is 22.9 Å². The van der Waals surface area contributed by atoms with E-state index in [0.29, 0.717) is 5.56 Å². The molecular weight excluding hydrogens is 310 g/mol. The van der Waals surface area contributed by atoms with Crippen LogP contribution in [0.3, 0.4) is 0 Å². The van der Waals surface area contributed by atoms with E-state index in [0.717, 1.165) is 16.0 Å². The van der Waals surface area contributed by atoms with E-state index in [1.165, 1.54) is 20.3 Å². The van der Waals surface area contributed by atoms with Gasteiger partial charge in [-0.05, 0) is 41.5 Å². The zero-order valence-corrected chi connectivity index (χ0v) is 13.1. The predicted molar refractivity (Wildman–Crippen MR) is 94.5 cm³/mol. The zero-order valence-electron chi connectivity index (χ0n) is 11.5. The Kier molecular flexibility index (Phi) is 3.11. The fourth-order valence-electron chi connectivity index (χ4n) is 2.75. The molecule has 0 radical (unpaired) electrons. The molecule has 0 amide bonds. The lowest BCUT2D eigenvalue weighted by Crippen LogP contribution is -1.78. The second kappa shape index (κ2) is 5.14. The highest BCUT2D eigenvalue weighted by Gasteiger charge is 2.10. The molecule has 0 aliphatic carbocycles. The molecule has 104 valence electrons. The lowest BCUT2D eigenvalue weighted by molar-refractivity contribution is 1.50. The largest absolute Gasteiger partial charge is 0.192 e. The van der Waals surface area contributed by atoms with Crippen LogP contribution in [-0.4, -0.2) is 0 Å². The minimum atomic E-state index is 0.695. The summed E-state index contributed by atoms with van der Waals surface area (Å²) in [6.07, 6.45) is 0. The number of nitrogens with zero attached hydrogens (tertiary/aromatic N) is 1. The molecule has 3 aromatic carbocycles. The lowest BCUT2D eigenvalue weighted by Gasteiger charge is -2.04. The smallest absolute Gasteiger partial charge is 0.0991 e. The summed E-state index contributed by atoms with van der Waals surface area (Å²) in [5.41, 5.74) is 2.99. The maximum Gasteiger partial charge on any atom is 0.0991 e. The molecule has 4 aromatic rings. The molecule has 0 saturated carbocycles. The fraction of sp³-hybridized carbons (Fsp3) is 0. The minimum Gasteiger partial charge on any atom is -0.192 e. The van der Waals surface area contributed by atoms with E-state index < -0.39 is 0 Å². The first-order chi connectivity index (χ1) is 10.8. The van der Waals surface area contributed by atoms with Crippen LogP contribution in [0.25, 0.3) is 31.3 Å². The summed E-state index contributed by atoms with van der Waals surface area (Å²) >= 11 is 7.89. The van der Waals surface area contributed by atoms with Crippen molar-refractivity contribution in [2.45, 2.75) is 0 Å². The first kappa shape index (κ1) is 13.3. The molecule has 0 N–H and O–H groups in total. The molecule has 4 rings (SSSR count). The van der Waals surface area contributed by atoms with Gasteiger partial charge in [-0.1, -0.05) is 41.9 Å². The van der Waals surface area contributed by atoms with E-state index in [-0.39, 0.29) is 0 Å². The first-order valence-electron chi connectivity index (χ1n) is 6.87. The van der Waals surface area contributed by atoms with E-state index in [4.69, 9.17) is 16.9 Å². The van der Waals surface area contributed by atoms with Crippen molar-refractivity contribution in [3.63, 3.8) is 0 Å². The van der Waals surface area contributed by atoms with Gasteiger partial charge in [-0.15, -0.1) is 11.3 Å². The van der Waals surface area contributed by atoms with Crippen molar-refractivity contribution in [3.05, 3.63) is 71.2 Å². The van der Waals surface area contributed by atoms with Gasteiger partial charge in [-0.3, -0.25) is 0 Å². The van der Waals surface area contributed by atoms with Gasteiger partial charge >= 0.3 is 0 Å². The van der Waals surface area contributed by atoms with Crippen molar-refractivity contribution in [1.82, 2.24) is 0 Å². The summed E-state index contributed by atoms with van der Waals surface area (Å²) in [7, 11) is 0. The van der Waals surface area contributed by atoms with Gasteiger partial charge in [-0.2, -0.15) is 5.26 Å². The van der Waals surface area contributed by atoms with Crippen LogP contribution in [0.4, 0.5) is 0 Å². The highest BCUT2D eigenvalue weighted by atomic mass is 35.5. The van der Waals surface area contributed by atoms with E-state index in [9.17, 15) is 0 Å². The molecule has 0 bridgehead atoms. The topological polar surface area (TPSA) is 23.8 Å². The van der Waals surface area contributed by atoms with Crippen molar-refractivity contribution in [2.75, 3.05) is 0 Å². The predicted octanol–water partition coefficient (Wildman–Crippen LogP) is 6.25. The highest BCUT2D eigenvalue weighted by Crippen LogP contribution is 2.40. The van der Waals surface area contributed by atoms with Crippen molar-refractivity contribution >= 4 is 43.1 Å². The number of nitriles is 1. The normalized spacial score (nSPS) is 10.9. The molecule has 1 heterocycles. The molecular formula is C19H10ClNS. The Hall–Kier alpha value is -2.34. The molecule has 0 aliphatic heterocycles. The van der Waals surface area contributed by atoms with Crippen molar-refractivity contribution in [1.29, 1.82) is 5.26 Å². The Balaban J connectivity index is 2.07. The zero-order chi connectivity index (χ0) is 15.1. The van der Waals surface area contributed by atoms with Crippen LogP contribution in [0.15, 0.2) is 60.7 Å². The van der Waals surface area contributed by atoms with E-state index in [2.05, 4.69) is 30.3 Å². The monoisotopic (exact) mass is 319 g/mol. The van der Waals surface area contributed by atoms with E-state index in [1.807, 2.05) is 36.4 Å². The van der Waals surface area contributed by atoms with Crippen LogP contribution in [0.1, 0.15) is 5.56 Å². The third-order valence-electron chi connectivity index (χ3n) is 3.76. The average Bonchev–Trinajstić information content (AvgIpc) is 2.92. The van der Waals surface area contributed by atoms with Crippen molar-refractivity contribution in [2.24, 2.45) is 0 Å². The van der Waals surface area contributed by atoms with E-state index >= 15 is 0 Å². The van der Waals surface area contributed by atoms with Crippen molar-refractivity contribution in [3.8, 4) is 17.2 Å². The third kappa shape index (κ3) is 2.07. The van der Waals surface area contributed by atoms with E-state index in [1.54, 1.807) is 11.3 Å². The Morgan fingerprint density at radius 3 is 2.59 bits per heavy atom. The van der Waals surface area contributed by atoms with Gasteiger partial charge in [0.25, 0.3) is 0 Å². The van der Waals surface area contributed by atoms with Crippen molar-refractivity contribution < 1.29 is 0 Å². The van der Waals surface area contributed by atoms with Gasteiger partial charge in [0.15, 0.2) is 0 Å². The summed E-state index contributed by atoms with van der Waals surface area (Å²) in [6.45, 7) is 0. The number of thiophene rings is 1. The van der Waals surface area contributed by atoms with Crippen LogP contribution in [-0.2, 0) is 0 Å². The van der Waals surface area contributed by atoms with Gasteiger partial charge in [0.05, 0.1) is 11.6 Å². The third-order valence-corrected chi connectivity index (χ3v) is 5.22. The summed E-state index contributed by atoms with van der Waals surface area (Å²) in [6, 6.07) is 22.3. The van der Waals surface area contributed by atoms with Crippen LogP contribution in [0.2, 0.25) is 5.02 Å². The molecule has 0 spiro atoms. The van der Waals surface area contributed by atoms with Gasteiger partial charge in [-0.25, -0.2) is 0 Å². The van der Waals surface area contributed by atoms with Gasteiger partial charge in [0, 0.05) is 25.2 Å². The highest BCUT2D eigenvalue weighted by molar-refractivity contribution is 7.26. The molecule has 3 heteroatoms. The SMILES string of the molecule is N#Cc1ccc2sc3c(-c4cccc(Cl)c4)cccc3c2c1. The quantitative estimate of drug-likeness (QED) is 0.407. The minimum absolute atomic E-state index is 0.695. The van der Waals surface area contributed by atoms with Gasteiger partial charge < -0.3 is 0 Å². The standard InChI is InChI=1S/C19H10ClNS/c20-14-4-1-3-13(10-14)15-5-2-6-16-17-9-12(11-21)7-8-18(17)22-19(15)16/h1-10H. The molecule has 0 aliphatic rings. The summed E-state index contributed by atoms with van der Waals surface area (Å²) in [4.78, 5) is 0. The number of hydrogen-bond acceptors (Lipinski definition) is 2. The number of halogens is 1. The summed E-state index contributed by atoms with van der Waals surface area (Å²) in [5, 5.41) is 12.2. The van der Waals surface area contributed by atoms with Gasteiger partial charge in [0.1, 0.15) is 0 Å². The van der Waals surface area contributed by atoms with Crippen LogP contribution in [0, 0.1) is 11.3 Å². The number of rotatable bonds is 1. The molecule has 1 nitrogen and oxygen atoms in total. The molecule has 0 atom stereocenters. The Morgan fingerprint density at radius 1 is 0.909 bits per heavy atom. The number of fused-ring (bicyclic) bond motifs is 3. The average molecular weight is 320 g/mol. The molecule has 1 aromatic heterocycles. The second-order valence-electron chi connectivity index (χ2n) is 5.12. The Bertz CT molecular complexity index is 1060. The maximum absolute atomic E-state index is 9.11. The molecule has 0 saturated heterocycles. The van der Waals surface area contributed by atoms with Crippen LogP contribution < -0.4 is 0 Å². The lowest BCUT2D eigenvalue weighted by atomic mass is 10.0. The summed E-state index contributed by atoms with van der Waals surface area (Å²) in [5.74, 6) is 0. The maximum atomic E-state index is 9.11. The molecule has 22 heavy (non-hydrogen) atoms. The first-order valence-corrected chi connectivity index (χ1v) is 8.07. The van der Waals surface area contributed by atoms with Gasteiger partial charge in [0.2, 0.25) is 0 Å².